The van der Waals surface area contributed by atoms with Crippen molar-refractivity contribution in [2.45, 2.75) is 29.8 Å². The molecule has 106 valence electrons. The van der Waals surface area contributed by atoms with Crippen LogP contribution in [-0.2, 0) is 14.8 Å². The van der Waals surface area contributed by atoms with Gasteiger partial charge in [0.2, 0.25) is 10.0 Å². The lowest BCUT2D eigenvalue weighted by atomic mass is 9.80. The number of methoxy groups -OCH3 is 1. The van der Waals surface area contributed by atoms with Crippen LogP contribution in [0.5, 0.6) is 0 Å². The molecule has 0 aliphatic heterocycles. The number of rotatable bonds is 6. The number of hydrogen-bond acceptors (Lipinski definition) is 4. The summed E-state index contributed by atoms with van der Waals surface area (Å²) in [5, 5.41) is 3.29. The fourth-order valence-corrected chi connectivity index (χ4v) is 2.89. The molecular formula is C13H20N2O3S. The monoisotopic (exact) mass is 284 g/mol. The number of anilines is 1. The molecule has 6 heteroatoms. The van der Waals surface area contributed by atoms with Crippen molar-refractivity contribution in [3.05, 3.63) is 24.3 Å². The van der Waals surface area contributed by atoms with Crippen LogP contribution in [0.15, 0.2) is 29.2 Å². The molecule has 0 aromatic heterocycles. The molecule has 1 saturated carbocycles. The average molecular weight is 284 g/mol. The van der Waals surface area contributed by atoms with Gasteiger partial charge in [0, 0.05) is 19.3 Å². The van der Waals surface area contributed by atoms with Gasteiger partial charge >= 0.3 is 0 Å². The highest BCUT2D eigenvalue weighted by atomic mass is 32.2. The number of nitrogens with one attached hydrogen (secondary N) is 2. The number of benzene rings is 1. The Morgan fingerprint density at radius 2 is 1.89 bits per heavy atom. The maximum atomic E-state index is 11.6. The van der Waals surface area contributed by atoms with Crippen molar-refractivity contribution in [2.75, 3.05) is 26.0 Å². The van der Waals surface area contributed by atoms with Crippen LogP contribution in [0.25, 0.3) is 0 Å². The Bertz CT molecular complexity index is 516. The van der Waals surface area contributed by atoms with E-state index in [0.717, 1.165) is 25.1 Å². The Labute approximate surface area is 114 Å². The van der Waals surface area contributed by atoms with Crippen LogP contribution >= 0.6 is 0 Å². The van der Waals surface area contributed by atoms with Crippen molar-refractivity contribution in [1.29, 1.82) is 0 Å². The van der Waals surface area contributed by atoms with Crippen LogP contribution in [0.2, 0.25) is 0 Å². The molecule has 1 aliphatic carbocycles. The van der Waals surface area contributed by atoms with E-state index in [1.54, 1.807) is 31.4 Å². The van der Waals surface area contributed by atoms with Crippen LogP contribution in [0.1, 0.15) is 19.3 Å². The first-order chi connectivity index (χ1) is 9.01. The van der Waals surface area contributed by atoms with Gasteiger partial charge < -0.3 is 10.1 Å². The van der Waals surface area contributed by atoms with Gasteiger partial charge in [-0.15, -0.1) is 0 Å². The minimum Gasteiger partial charge on any atom is -0.382 e. The van der Waals surface area contributed by atoms with E-state index < -0.39 is 10.0 Å². The third-order valence-electron chi connectivity index (χ3n) is 3.75. The molecule has 1 fully saturated rings. The predicted molar refractivity (Wildman–Crippen MR) is 74.8 cm³/mol. The maximum Gasteiger partial charge on any atom is 0.240 e. The van der Waals surface area contributed by atoms with Gasteiger partial charge in [0.25, 0.3) is 0 Å². The van der Waals surface area contributed by atoms with E-state index >= 15 is 0 Å². The SMILES string of the molecule is CNS(=O)(=O)c1ccc(NCC2(OC)CCC2)cc1. The molecule has 0 saturated heterocycles. The fraction of sp³-hybridized carbons (Fsp3) is 0.538. The second-order valence-electron chi connectivity index (χ2n) is 4.83. The highest BCUT2D eigenvalue weighted by Gasteiger charge is 2.36. The quantitative estimate of drug-likeness (QED) is 0.832. The Morgan fingerprint density at radius 3 is 2.32 bits per heavy atom. The lowest BCUT2D eigenvalue weighted by Crippen LogP contribution is -2.45. The average Bonchev–Trinajstić information content (AvgIpc) is 2.38. The Balaban J connectivity index is 1.99. The third kappa shape index (κ3) is 3.08. The molecule has 0 bridgehead atoms. The molecule has 19 heavy (non-hydrogen) atoms. The van der Waals surface area contributed by atoms with E-state index in [-0.39, 0.29) is 10.5 Å². The van der Waals surface area contributed by atoms with Crippen molar-refractivity contribution in [3.8, 4) is 0 Å². The van der Waals surface area contributed by atoms with E-state index in [1.807, 2.05) is 0 Å². The van der Waals surface area contributed by atoms with Gasteiger partial charge in [-0.2, -0.15) is 0 Å². The Kier molecular flexibility index (Phi) is 4.13. The molecule has 0 unspecified atom stereocenters. The van der Waals surface area contributed by atoms with Crippen molar-refractivity contribution in [1.82, 2.24) is 4.72 Å². The molecule has 1 aromatic rings. The molecule has 1 aromatic carbocycles. The molecular weight excluding hydrogens is 264 g/mol. The van der Waals surface area contributed by atoms with Crippen LogP contribution in [0.3, 0.4) is 0 Å². The van der Waals surface area contributed by atoms with Crippen LogP contribution in [0, 0.1) is 0 Å². The lowest BCUT2D eigenvalue weighted by Gasteiger charge is -2.40. The molecule has 1 aliphatic rings. The summed E-state index contributed by atoms with van der Waals surface area (Å²) in [5.74, 6) is 0. The summed E-state index contributed by atoms with van der Waals surface area (Å²) >= 11 is 0. The minimum atomic E-state index is -3.36. The zero-order chi connectivity index (χ0) is 13.9. The van der Waals surface area contributed by atoms with Gasteiger partial charge in [-0.05, 0) is 50.6 Å². The molecule has 5 nitrogen and oxygen atoms in total. The lowest BCUT2D eigenvalue weighted by molar-refractivity contribution is -0.0601. The third-order valence-corrected chi connectivity index (χ3v) is 5.18. The predicted octanol–water partition coefficient (Wildman–Crippen LogP) is 1.58. The van der Waals surface area contributed by atoms with Crippen molar-refractivity contribution < 1.29 is 13.2 Å². The smallest absolute Gasteiger partial charge is 0.240 e. The summed E-state index contributed by atoms with van der Waals surface area (Å²) in [4.78, 5) is 0.269. The van der Waals surface area contributed by atoms with Crippen LogP contribution < -0.4 is 10.0 Å². The van der Waals surface area contributed by atoms with E-state index in [4.69, 9.17) is 4.74 Å². The van der Waals surface area contributed by atoms with Gasteiger partial charge in [-0.25, -0.2) is 13.1 Å². The zero-order valence-corrected chi connectivity index (χ0v) is 12.1. The topological polar surface area (TPSA) is 67.4 Å². The number of hydrogen-bond donors (Lipinski definition) is 2. The summed E-state index contributed by atoms with van der Waals surface area (Å²) in [6.45, 7) is 0.752. The summed E-state index contributed by atoms with van der Waals surface area (Å²) in [7, 11) is -0.216. The fourth-order valence-electron chi connectivity index (χ4n) is 2.16. The highest BCUT2D eigenvalue weighted by molar-refractivity contribution is 7.89. The Hall–Kier alpha value is -1.11. The molecule has 0 atom stereocenters. The second-order valence-corrected chi connectivity index (χ2v) is 6.71. The van der Waals surface area contributed by atoms with Crippen molar-refractivity contribution in [3.63, 3.8) is 0 Å². The van der Waals surface area contributed by atoms with Crippen molar-refractivity contribution in [2.24, 2.45) is 0 Å². The van der Waals surface area contributed by atoms with E-state index in [2.05, 4.69) is 10.0 Å². The highest BCUT2D eigenvalue weighted by Crippen LogP contribution is 2.35. The molecule has 2 rings (SSSR count). The molecule has 0 radical (unpaired) electrons. The van der Waals surface area contributed by atoms with Gasteiger partial charge in [-0.1, -0.05) is 0 Å². The Morgan fingerprint density at radius 1 is 1.26 bits per heavy atom. The maximum absolute atomic E-state index is 11.6. The first-order valence-electron chi connectivity index (χ1n) is 6.34. The number of sulfonamides is 1. The summed E-state index contributed by atoms with van der Waals surface area (Å²) < 4.78 is 31.0. The molecule has 0 spiro atoms. The summed E-state index contributed by atoms with van der Waals surface area (Å²) in [6, 6.07) is 6.72. The number of ether oxygens (including phenoxy) is 1. The summed E-state index contributed by atoms with van der Waals surface area (Å²) in [6.07, 6.45) is 3.35. The van der Waals surface area contributed by atoms with Crippen LogP contribution in [-0.4, -0.2) is 34.7 Å². The van der Waals surface area contributed by atoms with E-state index in [0.29, 0.717) is 0 Å². The van der Waals surface area contributed by atoms with Gasteiger partial charge in [0.05, 0.1) is 10.5 Å². The van der Waals surface area contributed by atoms with Gasteiger partial charge in [-0.3, -0.25) is 0 Å². The summed E-state index contributed by atoms with van der Waals surface area (Å²) in [5.41, 5.74) is 0.855. The zero-order valence-electron chi connectivity index (χ0n) is 11.3. The second kappa shape index (κ2) is 5.48. The largest absolute Gasteiger partial charge is 0.382 e. The minimum absolute atomic E-state index is 0.0459. The molecule has 2 N–H and O–H groups in total. The van der Waals surface area contributed by atoms with Gasteiger partial charge in [0.1, 0.15) is 0 Å². The normalized spacial score (nSPS) is 17.8. The van der Waals surface area contributed by atoms with Crippen molar-refractivity contribution >= 4 is 15.7 Å². The standard InChI is InChI=1S/C13H20N2O3S/c1-14-19(16,17)12-6-4-11(5-7-12)15-10-13(18-2)8-3-9-13/h4-7,14-15H,3,8-10H2,1-2H3. The molecule has 0 amide bonds. The van der Waals surface area contributed by atoms with E-state index in [1.165, 1.54) is 13.5 Å². The van der Waals surface area contributed by atoms with Gasteiger partial charge in [0.15, 0.2) is 0 Å². The van der Waals surface area contributed by atoms with E-state index in [9.17, 15) is 8.42 Å². The first-order valence-corrected chi connectivity index (χ1v) is 7.82. The first kappa shape index (κ1) is 14.3. The van der Waals surface area contributed by atoms with Crippen LogP contribution in [0.4, 0.5) is 5.69 Å². The molecule has 0 heterocycles.